The van der Waals surface area contributed by atoms with Gasteiger partial charge in [-0.15, -0.1) is 0 Å². The molecule has 2 N–H and O–H groups in total. The fourth-order valence-corrected chi connectivity index (χ4v) is 1.40. The number of aromatic amines is 1. The number of ketones is 1. The van der Waals surface area contributed by atoms with Crippen LogP contribution in [0.5, 0.6) is 0 Å². The van der Waals surface area contributed by atoms with Crippen molar-refractivity contribution in [1.82, 2.24) is 9.97 Å². The van der Waals surface area contributed by atoms with Crippen LogP contribution in [0.3, 0.4) is 0 Å². The summed E-state index contributed by atoms with van der Waals surface area (Å²) in [6.07, 6.45) is 6.19. The lowest BCUT2D eigenvalue weighted by atomic mass is 10.1. The summed E-state index contributed by atoms with van der Waals surface area (Å²) in [5.41, 5.74) is 0.587. The molecule has 0 radical (unpaired) electrons. The van der Waals surface area contributed by atoms with Crippen molar-refractivity contribution in [3.8, 4) is 0 Å². The minimum absolute atomic E-state index is 0.154. The molecule has 0 aliphatic heterocycles. The smallest absolute Gasteiger partial charge is 0.335 e. The molecule has 0 aliphatic rings. The molecule has 90 valence electrons. The summed E-state index contributed by atoms with van der Waals surface area (Å²) in [4.78, 5) is 29.2. The number of rotatable bonds is 4. The first-order chi connectivity index (χ1) is 8.66. The van der Waals surface area contributed by atoms with Crippen molar-refractivity contribution in [3.05, 3.63) is 59.7 Å². The summed E-state index contributed by atoms with van der Waals surface area (Å²) in [5.74, 6) is -0.631. The van der Waals surface area contributed by atoms with Crippen LogP contribution in [0.4, 0.5) is 0 Å². The quantitative estimate of drug-likeness (QED) is 0.634. The molecule has 0 saturated heterocycles. The van der Waals surface area contributed by atoms with Gasteiger partial charge >= 0.3 is 5.97 Å². The SMILES string of the molecule is O=C(O)c1ccc(C(=O)/C=C/c2ncc[nH]2)cc1. The Morgan fingerprint density at radius 1 is 1.17 bits per heavy atom. The van der Waals surface area contributed by atoms with Crippen LogP contribution >= 0.6 is 0 Å². The zero-order valence-electron chi connectivity index (χ0n) is 9.33. The molecule has 5 heteroatoms. The highest BCUT2D eigenvalue weighted by Gasteiger charge is 2.05. The van der Waals surface area contributed by atoms with Crippen molar-refractivity contribution >= 4 is 17.8 Å². The summed E-state index contributed by atoms with van der Waals surface area (Å²) in [6.45, 7) is 0. The van der Waals surface area contributed by atoms with Crippen molar-refractivity contribution in [3.63, 3.8) is 0 Å². The van der Waals surface area contributed by atoms with Gasteiger partial charge in [-0.25, -0.2) is 9.78 Å². The molecule has 2 aromatic rings. The number of H-pyrrole nitrogens is 1. The minimum atomic E-state index is -1.01. The Hall–Kier alpha value is -2.69. The highest BCUT2D eigenvalue weighted by atomic mass is 16.4. The summed E-state index contributed by atoms with van der Waals surface area (Å²) >= 11 is 0. The third-order valence-corrected chi connectivity index (χ3v) is 2.33. The maximum absolute atomic E-state index is 11.7. The van der Waals surface area contributed by atoms with Gasteiger partial charge in [0.15, 0.2) is 5.78 Å². The van der Waals surface area contributed by atoms with E-state index >= 15 is 0 Å². The number of allylic oxidation sites excluding steroid dienone is 1. The Bertz CT molecular complexity index is 583. The molecule has 2 rings (SSSR count). The predicted octanol–water partition coefficient (Wildman–Crippen LogP) is 2.00. The lowest BCUT2D eigenvalue weighted by molar-refractivity contribution is 0.0696. The molecule has 0 amide bonds. The van der Waals surface area contributed by atoms with Gasteiger partial charge in [-0.1, -0.05) is 12.1 Å². The number of aromatic nitrogens is 2. The largest absolute Gasteiger partial charge is 0.478 e. The van der Waals surface area contributed by atoms with Gasteiger partial charge < -0.3 is 10.1 Å². The number of carbonyl (C=O) groups excluding carboxylic acids is 1. The Balaban J connectivity index is 2.12. The number of benzene rings is 1. The Labute approximate surface area is 103 Å². The van der Waals surface area contributed by atoms with Gasteiger partial charge in [-0.2, -0.15) is 0 Å². The van der Waals surface area contributed by atoms with Crippen molar-refractivity contribution in [2.75, 3.05) is 0 Å². The monoisotopic (exact) mass is 242 g/mol. The van der Waals surface area contributed by atoms with E-state index in [1.54, 1.807) is 18.5 Å². The Kier molecular flexibility index (Phi) is 3.33. The molecule has 0 unspecified atom stereocenters. The van der Waals surface area contributed by atoms with Crippen molar-refractivity contribution in [1.29, 1.82) is 0 Å². The van der Waals surface area contributed by atoms with Crippen LogP contribution in [0, 0.1) is 0 Å². The number of aromatic carboxylic acids is 1. The lowest BCUT2D eigenvalue weighted by Gasteiger charge is -1.97. The summed E-state index contributed by atoms with van der Waals surface area (Å²) in [7, 11) is 0. The van der Waals surface area contributed by atoms with Gasteiger partial charge in [0.25, 0.3) is 0 Å². The standard InChI is InChI=1S/C13H10N2O3/c16-11(5-6-12-14-7-8-15-12)9-1-3-10(4-2-9)13(17)18/h1-8H,(H,14,15)(H,17,18)/b6-5+. The third kappa shape index (κ3) is 2.70. The number of hydrogen-bond acceptors (Lipinski definition) is 3. The highest BCUT2D eigenvalue weighted by Crippen LogP contribution is 2.06. The molecule has 0 spiro atoms. The zero-order valence-corrected chi connectivity index (χ0v) is 9.33. The van der Waals surface area contributed by atoms with Crippen LogP contribution in [-0.2, 0) is 0 Å². The van der Waals surface area contributed by atoms with E-state index in [0.29, 0.717) is 11.4 Å². The molecule has 0 atom stereocenters. The molecule has 1 heterocycles. The molecule has 1 aromatic carbocycles. The first kappa shape index (κ1) is 11.8. The van der Waals surface area contributed by atoms with Crippen LogP contribution in [0.2, 0.25) is 0 Å². The van der Waals surface area contributed by atoms with E-state index in [1.165, 1.54) is 30.3 Å². The maximum Gasteiger partial charge on any atom is 0.335 e. The number of nitrogens with one attached hydrogen (secondary N) is 1. The molecule has 1 aromatic heterocycles. The molecular formula is C13H10N2O3. The zero-order chi connectivity index (χ0) is 13.0. The second kappa shape index (κ2) is 5.09. The third-order valence-electron chi connectivity index (χ3n) is 2.33. The highest BCUT2D eigenvalue weighted by molar-refractivity contribution is 6.07. The molecule has 0 saturated carbocycles. The summed E-state index contributed by atoms with van der Waals surface area (Å²) < 4.78 is 0. The van der Waals surface area contributed by atoms with Crippen LogP contribution < -0.4 is 0 Å². The minimum Gasteiger partial charge on any atom is -0.478 e. The van der Waals surface area contributed by atoms with Crippen molar-refractivity contribution < 1.29 is 14.7 Å². The molecule has 5 nitrogen and oxygen atoms in total. The average Bonchev–Trinajstić information content (AvgIpc) is 2.89. The van der Waals surface area contributed by atoms with Gasteiger partial charge in [0.2, 0.25) is 0 Å². The van der Waals surface area contributed by atoms with Crippen molar-refractivity contribution in [2.24, 2.45) is 0 Å². The first-order valence-electron chi connectivity index (χ1n) is 5.22. The summed E-state index contributed by atoms with van der Waals surface area (Å²) in [5, 5.41) is 8.73. The van der Waals surface area contributed by atoms with E-state index in [-0.39, 0.29) is 11.3 Å². The van der Waals surface area contributed by atoms with Crippen LogP contribution in [0.1, 0.15) is 26.5 Å². The second-order valence-electron chi connectivity index (χ2n) is 3.55. The second-order valence-corrected chi connectivity index (χ2v) is 3.55. The van der Waals surface area contributed by atoms with E-state index in [2.05, 4.69) is 9.97 Å². The predicted molar refractivity (Wildman–Crippen MR) is 65.4 cm³/mol. The topological polar surface area (TPSA) is 83.0 Å². The van der Waals surface area contributed by atoms with E-state index in [0.717, 1.165) is 0 Å². The van der Waals surface area contributed by atoms with Gasteiger partial charge in [-0.05, 0) is 24.3 Å². The summed E-state index contributed by atoms with van der Waals surface area (Å²) in [6, 6.07) is 5.77. The molecule has 0 aliphatic carbocycles. The van der Waals surface area contributed by atoms with Gasteiger partial charge in [0.1, 0.15) is 5.82 Å². The molecule has 0 fully saturated rings. The van der Waals surface area contributed by atoms with Gasteiger partial charge in [0, 0.05) is 18.0 Å². The van der Waals surface area contributed by atoms with Crippen LogP contribution in [0.15, 0.2) is 42.7 Å². The first-order valence-corrected chi connectivity index (χ1v) is 5.22. The molecule has 0 bridgehead atoms. The number of carbonyl (C=O) groups is 2. The van der Waals surface area contributed by atoms with Crippen molar-refractivity contribution in [2.45, 2.75) is 0 Å². The lowest BCUT2D eigenvalue weighted by Crippen LogP contribution is -1.98. The molecular weight excluding hydrogens is 232 g/mol. The van der Waals surface area contributed by atoms with E-state index in [1.807, 2.05) is 0 Å². The van der Waals surface area contributed by atoms with Crippen LogP contribution in [0.25, 0.3) is 6.08 Å². The number of carboxylic acid groups (broad SMARTS) is 1. The number of nitrogens with zero attached hydrogens (tertiary/aromatic N) is 1. The maximum atomic E-state index is 11.7. The normalized spacial score (nSPS) is 10.7. The van der Waals surface area contributed by atoms with Gasteiger partial charge in [0.05, 0.1) is 5.56 Å². The Morgan fingerprint density at radius 3 is 2.39 bits per heavy atom. The van der Waals surface area contributed by atoms with Crippen LogP contribution in [-0.4, -0.2) is 26.8 Å². The Morgan fingerprint density at radius 2 is 1.83 bits per heavy atom. The fraction of sp³-hybridized carbons (Fsp3) is 0. The van der Waals surface area contributed by atoms with Gasteiger partial charge in [-0.3, -0.25) is 4.79 Å². The van der Waals surface area contributed by atoms with E-state index < -0.39 is 5.97 Å². The average molecular weight is 242 g/mol. The number of imidazole rings is 1. The molecule has 18 heavy (non-hydrogen) atoms. The van der Waals surface area contributed by atoms with E-state index in [9.17, 15) is 9.59 Å². The van der Waals surface area contributed by atoms with E-state index in [4.69, 9.17) is 5.11 Å². The number of hydrogen-bond donors (Lipinski definition) is 2. The number of carboxylic acids is 1. The fourth-order valence-electron chi connectivity index (χ4n) is 1.40.